The maximum absolute atomic E-state index is 8.93. The number of hydrogen-bond donors (Lipinski definition) is 2. The van der Waals surface area contributed by atoms with E-state index in [1.807, 2.05) is 13.0 Å². The highest BCUT2D eigenvalue weighted by molar-refractivity contribution is 5.36. The van der Waals surface area contributed by atoms with Gasteiger partial charge < -0.3 is 10.4 Å². The van der Waals surface area contributed by atoms with Crippen molar-refractivity contribution >= 4 is 5.82 Å². The SMILES string of the molecule is CCC(C)Nc1cc(C)nc(CO)n1. The predicted molar refractivity (Wildman–Crippen MR) is 56.1 cm³/mol. The van der Waals surface area contributed by atoms with E-state index in [0.29, 0.717) is 11.9 Å². The van der Waals surface area contributed by atoms with E-state index in [0.717, 1.165) is 17.9 Å². The van der Waals surface area contributed by atoms with Crippen molar-refractivity contribution in [2.75, 3.05) is 5.32 Å². The van der Waals surface area contributed by atoms with E-state index in [4.69, 9.17) is 5.11 Å². The van der Waals surface area contributed by atoms with Crippen LogP contribution in [0.2, 0.25) is 0 Å². The Morgan fingerprint density at radius 3 is 2.79 bits per heavy atom. The summed E-state index contributed by atoms with van der Waals surface area (Å²) >= 11 is 0. The number of aryl methyl sites for hydroxylation is 1. The summed E-state index contributed by atoms with van der Waals surface area (Å²) in [5.41, 5.74) is 0.870. The highest BCUT2D eigenvalue weighted by atomic mass is 16.3. The normalized spacial score (nSPS) is 12.6. The number of nitrogens with one attached hydrogen (secondary N) is 1. The van der Waals surface area contributed by atoms with Crippen LogP contribution >= 0.6 is 0 Å². The number of aliphatic hydroxyl groups is 1. The van der Waals surface area contributed by atoms with Crippen molar-refractivity contribution < 1.29 is 5.11 Å². The molecule has 0 saturated heterocycles. The van der Waals surface area contributed by atoms with Gasteiger partial charge in [-0.15, -0.1) is 0 Å². The summed E-state index contributed by atoms with van der Waals surface area (Å²) in [6.45, 7) is 5.98. The van der Waals surface area contributed by atoms with Gasteiger partial charge in [-0.2, -0.15) is 0 Å². The summed E-state index contributed by atoms with van der Waals surface area (Å²) in [6, 6.07) is 2.27. The zero-order valence-corrected chi connectivity index (χ0v) is 8.91. The van der Waals surface area contributed by atoms with Gasteiger partial charge in [0.2, 0.25) is 0 Å². The molecule has 0 saturated carbocycles. The summed E-state index contributed by atoms with van der Waals surface area (Å²) in [7, 11) is 0. The molecule has 1 unspecified atom stereocenters. The molecule has 1 rings (SSSR count). The minimum absolute atomic E-state index is 0.114. The van der Waals surface area contributed by atoms with E-state index in [9.17, 15) is 0 Å². The molecule has 4 heteroatoms. The third kappa shape index (κ3) is 2.96. The van der Waals surface area contributed by atoms with E-state index in [-0.39, 0.29) is 6.61 Å². The molecule has 0 fully saturated rings. The molecule has 1 aromatic rings. The summed E-state index contributed by atoms with van der Waals surface area (Å²) in [5, 5.41) is 12.2. The quantitative estimate of drug-likeness (QED) is 0.764. The van der Waals surface area contributed by atoms with E-state index in [1.54, 1.807) is 0 Å². The minimum Gasteiger partial charge on any atom is -0.388 e. The van der Waals surface area contributed by atoms with Gasteiger partial charge in [0.25, 0.3) is 0 Å². The summed E-state index contributed by atoms with van der Waals surface area (Å²) < 4.78 is 0. The van der Waals surface area contributed by atoms with Crippen molar-refractivity contribution in [3.05, 3.63) is 17.6 Å². The Morgan fingerprint density at radius 2 is 2.21 bits per heavy atom. The second-order valence-corrected chi connectivity index (χ2v) is 3.42. The van der Waals surface area contributed by atoms with Crippen LogP contribution < -0.4 is 5.32 Å². The van der Waals surface area contributed by atoms with Crippen LogP contribution in [0.5, 0.6) is 0 Å². The molecule has 0 aliphatic rings. The lowest BCUT2D eigenvalue weighted by Gasteiger charge is -2.12. The molecule has 1 atom stereocenters. The van der Waals surface area contributed by atoms with Crippen molar-refractivity contribution in [3.63, 3.8) is 0 Å². The first-order chi connectivity index (χ1) is 6.65. The van der Waals surface area contributed by atoms with Crippen LogP contribution in [-0.2, 0) is 6.61 Å². The Hall–Kier alpha value is -1.16. The smallest absolute Gasteiger partial charge is 0.156 e. The fraction of sp³-hybridized carbons (Fsp3) is 0.600. The first-order valence-corrected chi connectivity index (χ1v) is 4.87. The van der Waals surface area contributed by atoms with Gasteiger partial charge in [-0.1, -0.05) is 6.92 Å². The van der Waals surface area contributed by atoms with Gasteiger partial charge in [-0.05, 0) is 20.3 Å². The predicted octanol–water partition coefficient (Wildman–Crippen LogP) is 1.49. The number of nitrogens with zero attached hydrogens (tertiary/aromatic N) is 2. The third-order valence-electron chi connectivity index (χ3n) is 2.05. The number of aromatic nitrogens is 2. The summed E-state index contributed by atoms with van der Waals surface area (Å²) in [6.07, 6.45) is 1.04. The van der Waals surface area contributed by atoms with E-state index in [1.165, 1.54) is 0 Å². The second-order valence-electron chi connectivity index (χ2n) is 3.42. The molecule has 78 valence electrons. The van der Waals surface area contributed by atoms with Crippen molar-refractivity contribution in [1.82, 2.24) is 9.97 Å². The Bertz CT molecular complexity index is 301. The van der Waals surface area contributed by atoms with Crippen LogP contribution in [-0.4, -0.2) is 21.1 Å². The summed E-state index contributed by atoms with van der Waals surface area (Å²) in [4.78, 5) is 8.25. The molecule has 0 radical (unpaired) electrons. The zero-order chi connectivity index (χ0) is 10.6. The average molecular weight is 195 g/mol. The monoisotopic (exact) mass is 195 g/mol. The lowest BCUT2D eigenvalue weighted by molar-refractivity contribution is 0.271. The Morgan fingerprint density at radius 1 is 1.50 bits per heavy atom. The maximum Gasteiger partial charge on any atom is 0.156 e. The molecule has 0 bridgehead atoms. The highest BCUT2D eigenvalue weighted by Crippen LogP contribution is 2.08. The van der Waals surface area contributed by atoms with Gasteiger partial charge in [0.05, 0.1) is 0 Å². The largest absolute Gasteiger partial charge is 0.388 e. The van der Waals surface area contributed by atoms with Crippen molar-refractivity contribution in [2.24, 2.45) is 0 Å². The standard InChI is InChI=1S/C10H17N3O/c1-4-7(2)11-9-5-8(3)12-10(6-14)13-9/h5,7,14H,4,6H2,1-3H3,(H,11,12,13). The van der Waals surface area contributed by atoms with E-state index >= 15 is 0 Å². The molecule has 0 amide bonds. The molecular weight excluding hydrogens is 178 g/mol. The van der Waals surface area contributed by atoms with Gasteiger partial charge in [-0.3, -0.25) is 0 Å². The van der Waals surface area contributed by atoms with Gasteiger partial charge in [-0.25, -0.2) is 9.97 Å². The second kappa shape index (κ2) is 4.91. The molecule has 0 spiro atoms. The first-order valence-electron chi connectivity index (χ1n) is 4.87. The lowest BCUT2D eigenvalue weighted by atomic mass is 10.2. The van der Waals surface area contributed by atoms with Crippen LogP contribution in [0.25, 0.3) is 0 Å². The minimum atomic E-state index is -0.114. The lowest BCUT2D eigenvalue weighted by Crippen LogP contribution is -2.15. The highest BCUT2D eigenvalue weighted by Gasteiger charge is 2.03. The van der Waals surface area contributed by atoms with Crippen LogP contribution in [0.1, 0.15) is 31.8 Å². The number of aliphatic hydroxyl groups excluding tert-OH is 1. The Kier molecular flexibility index (Phi) is 3.83. The molecule has 0 aliphatic heterocycles. The third-order valence-corrected chi connectivity index (χ3v) is 2.05. The fourth-order valence-corrected chi connectivity index (χ4v) is 1.13. The number of rotatable bonds is 4. The van der Waals surface area contributed by atoms with Crippen LogP contribution in [0.15, 0.2) is 6.07 Å². The van der Waals surface area contributed by atoms with Crippen LogP contribution in [0.4, 0.5) is 5.82 Å². The van der Waals surface area contributed by atoms with Crippen LogP contribution in [0, 0.1) is 6.92 Å². The molecule has 14 heavy (non-hydrogen) atoms. The number of hydrogen-bond acceptors (Lipinski definition) is 4. The van der Waals surface area contributed by atoms with E-state index < -0.39 is 0 Å². The van der Waals surface area contributed by atoms with Crippen molar-refractivity contribution in [2.45, 2.75) is 39.8 Å². The van der Waals surface area contributed by atoms with Gasteiger partial charge >= 0.3 is 0 Å². The van der Waals surface area contributed by atoms with Gasteiger partial charge in [0.15, 0.2) is 5.82 Å². The molecular formula is C10H17N3O. The molecule has 4 nitrogen and oxygen atoms in total. The van der Waals surface area contributed by atoms with E-state index in [2.05, 4.69) is 29.1 Å². The summed E-state index contributed by atoms with van der Waals surface area (Å²) in [5.74, 6) is 1.26. The van der Waals surface area contributed by atoms with Gasteiger partial charge in [0.1, 0.15) is 12.4 Å². The maximum atomic E-state index is 8.93. The van der Waals surface area contributed by atoms with Crippen LogP contribution in [0.3, 0.4) is 0 Å². The van der Waals surface area contributed by atoms with Gasteiger partial charge in [0, 0.05) is 17.8 Å². The molecule has 2 N–H and O–H groups in total. The average Bonchev–Trinajstić information content (AvgIpc) is 2.16. The molecule has 0 aliphatic carbocycles. The zero-order valence-electron chi connectivity index (χ0n) is 8.91. The molecule has 1 aromatic heterocycles. The Labute approximate surface area is 84.4 Å². The first kappa shape index (κ1) is 10.9. The topological polar surface area (TPSA) is 58.0 Å². The van der Waals surface area contributed by atoms with Crippen molar-refractivity contribution in [3.8, 4) is 0 Å². The Balaban J connectivity index is 2.81. The fourth-order valence-electron chi connectivity index (χ4n) is 1.13. The number of anilines is 1. The molecule has 0 aromatic carbocycles. The molecule has 1 heterocycles. The van der Waals surface area contributed by atoms with Crippen molar-refractivity contribution in [1.29, 1.82) is 0 Å².